The van der Waals surface area contributed by atoms with E-state index in [4.69, 9.17) is 27.9 Å². The summed E-state index contributed by atoms with van der Waals surface area (Å²) >= 11 is 15.1. The molecule has 2 rings (SSSR count). The Labute approximate surface area is 157 Å². The molecule has 0 aromatic heterocycles. The van der Waals surface area contributed by atoms with Gasteiger partial charge in [0.25, 0.3) is 5.91 Å². The number of phenolic OH excluding ortho intramolecular Hbond substituents is 1. The molecule has 8 heteroatoms. The van der Waals surface area contributed by atoms with Gasteiger partial charge in [0.05, 0.1) is 11.2 Å². The smallest absolute Gasteiger partial charge is 0.280 e. The van der Waals surface area contributed by atoms with Crippen molar-refractivity contribution in [1.82, 2.24) is 5.43 Å². The third-order valence-corrected chi connectivity index (χ3v) is 3.96. The monoisotopic (exact) mass is 430 g/mol. The minimum absolute atomic E-state index is 0.0495. The highest BCUT2D eigenvalue weighted by molar-refractivity contribution is 9.10. The second kappa shape index (κ2) is 8.37. The lowest BCUT2D eigenvalue weighted by atomic mass is 10.2. The number of hydrogen-bond donors (Lipinski definition) is 2. The van der Waals surface area contributed by atoms with Crippen molar-refractivity contribution in [2.45, 2.75) is 13.0 Å². The van der Waals surface area contributed by atoms with E-state index in [9.17, 15) is 9.90 Å². The Morgan fingerprint density at radius 2 is 2.08 bits per heavy atom. The molecule has 2 N–H and O–H groups in total. The van der Waals surface area contributed by atoms with Gasteiger partial charge < -0.3 is 9.84 Å². The summed E-state index contributed by atoms with van der Waals surface area (Å²) in [5.74, 6) is -0.0717. The van der Waals surface area contributed by atoms with Gasteiger partial charge in [-0.1, -0.05) is 39.1 Å². The van der Waals surface area contributed by atoms with Gasteiger partial charge in [-0.15, -0.1) is 0 Å². The van der Waals surface area contributed by atoms with Crippen LogP contribution in [0, 0.1) is 0 Å². The number of hydrogen-bond acceptors (Lipinski definition) is 4. The van der Waals surface area contributed by atoms with Crippen molar-refractivity contribution in [2.24, 2.45) is 5.10 Å². The van der Waals surface area contributed by atoms with E-state index in [0.717, 1.165) is 4.47 Å². The number of halogens is 3. The molecule has 5 nitrogen and oxygen atoms in total. The summed E-state index contributed by atoms with van der Waals surface area (Å²) in [4.78, 5) is 12.0. The second-order valence-corrected chi connectivity index (χ2v) is 6.53. The maximum Gasteiger partial charge on any atom is 0.280 e. The summed E-state index contributed by atoms with van der Waals surface area (Å²) in [5, 5.41) is 14.3. The number of phenols is 1. The van der Waals surface area contributed by atoms with Crippen molar-refractivity contribution >= 4 is 51.3 Å². The number of ether oxygens (including phenoxy) is 1. The van der Waals surface area contributed by atoms with E-state index in [1.165, 1.54) is 18.3 Å². The maximum atomic E-state index is 12.0. The Hall–Kier alpha value is -1.76. The van der Waals surface area contributed by atoms with E-state index in [2.05, 4.69) is 26.5 Å². The van der Waals surface area contributed by atoms with Crippen molar-refractivity contribution < 1.29 is 14.6 Å². The predicted molar refractivity (Wildman–Crippen MR) is 98.1 cm³/mol. The molecule has 1 unspecified atom stereocenters. The zero-order valence-corrected chi connectivity index (χ0v) is 15.6. The third-order valence-electron chi connectivity index (χ3n) is 2.93. The van der Waals surface area contributed by atoms with Crippen LogP contribution in [0.1, 0.15) is 12.5 Å². The first kappa shape index (κ1) is 18.6. The topological polar surface area (TPSA) is 70.9 Å². The van der Waals surface area contributed by atoms with Crippen LogP contribution < -0.4 is 10.2 Å². The number of amides is 1. The molecule has 2 aromatic carbocycles. The van der Waals surface area contributed by atoms with Crippen molar-refractivity contribution in [1.29, 1.82) is 0 Å². The summed E-state index contributed by atoms with van der Waals surface area (Å²) in [5.41, 5.74) is 2.80. The molecule has 0 bridgehead atoms. The number of rotatable bonds is 5. The molecule has 0 aliphatic rings. The van der Waals surface area contributed by atoms with Gasteiger partial charge >= 0.3 is 0 Å². The number of benzene rings is 2. The molecular weight excluding hydrogens is 419 g/mol. The average molecular weight is 432 g/mol. The number of aromatic hydroxyl groups is 1. The molecule has 126 valence electrons. The van der Waals surface area contributed by atoms with E-state index in [1.807, 2.05) is 0 Å². The molecule has 0 saturated heterocycles. The van der Waals surface area contributed by atoms with E-state index in [1.54, 1.807) is 31.2 Å². The van der Waals surface area contributed by atoms with Gasteiger partial charge in [0, 0.05) is 15.1 Å². The Bertz CT molecular complexity index is 784. The number of carbonyl (C=O) groups excluding carboxylic acids is 1. The second-order valence-electron chi connectivity index (χ2n) is 4.77. The Kier molecular flexibility index (Phi) is 6.48. The Morgan fingerprint density at radius 1 is 1.33 bits per heavy atom. The summed E-state index contributed by atoms with van der Waals surface area (Å²) in [6.07, 6.45) is 0.511. The first-order valence-corrected chi connectivity index (χ1v) is 8.35. The van der Waals surface area contributed by atoms with Crippen LogP contribution in [0.2, 0.25) is 10.0 Å². The highest BCUT2D eigenvalue weighted by Crippen LogP contribution is 2.28. The van der Waals surface area contributed by atoms with Crippen molar-refractivity contribution in [3.05, 3.63) is 56.5 Å². The van der Waals surface area contributed by atoms with Crippen LogP contribution in [0.15, 0.2) is 46.0 Å². The SMILES string of the molecule is CC(Oc1ccc(Cl)cc1Cl)C(=O)NN=Cc1cc(Br)ccc1O. The molecule has 24 heavy (non-hydrogen) atoms. The van der Waals surface area contributed by atoms with Crippen LogP contribution in [0.5, 0.6) is 11.5 Å². The minimum atomic E-state index is -0.822. The number of carbonyl (C=O) groups is 1. The molecule has 0 aliphatic heterocycles. The molecule has 0 spiro atoms. The Balaban J connectivity index is 1.96. The standard InChI is InChI=1S/C16H13BrCl2N2O3/c1-9(24-15-5-3-12(18)7-13(15)19)16(23)21-20-8-10-6-11(17)2-4-14(10)22/h2-9,22H,1H3,(H,21,23). The molecule has 0 saturated carbocycles. The highest BCUT2D eigenvalue weighted by atomic mass is 79.9. The molecule has 0 fully saturated rings. The lowest BCUT2D eigenvalue weighted by Crippen LogP contribution is -2.33. The van der Waals surface area contributed by atoms with Crippen molar-refractivity contribution in [3.8, 4) is 11.5 Å². The molecule has 0 radical (unpaired) electrons. The van der Waals surface area contributed by atoms with Gasteiger partial charge in [-0.3, -0.25) is 4.79 Å². The quantitative estimate of drug-likeness (QED) is 0.545. The first-order chi connectivity index (χ1) is 11.4. The fraction of sp³-hybridized carbons (Fsp3) is 0.125. The van der Waals surface area contributed by atoms with Gasteiger partial charge in [-0.2, -0.15) is 5.10 Å². The normalized spacial score (nSPS) is 12.2. The average Bonchev–Trinajstić information content (AvgIpc) is 2.53. The first-order valence-electron chi connectivity index (χ1n) is 6.80. The van der Waals surface area contributed by atoms with Gasteiger partial charge in [-0.05, 0) is 43.3 Å². The van der Waals surface area contributed by atoms with E-state index in [-0.39, 0.29) is 5.75 Å². The van der Waals surface area contributed by atoms with Crippen LogP contribution in [-0.2, 0) is 4.79 Å². The van der Waals surface area contributed by atoms with Gasteiger partial charge in [0.15, 0.2) is 6.10 Å². The number of hydrazone groups is 1. The summed E-state index contributed by atoms with van der Waals surface area (Å²) < 4.78 is 6.25. The molecular formula is C16H13BrCl2N2O3. The lowest BCUT2D eigenvalue weighted by molar-refractivity contribution is -0.127. The van der Waals surface area contributed by atoms with E-state index in [0.29, 0.717) is 21.4 Å². The van der Waals surface area contributed by atoms with Gasteiger partial charge in [-0.25, -0.2) is 5.43 Å². The predicted octanol–water partition coefficient (Wildman–Crippen LogP) is 4.38. The largest absolute Gasteiger partial charge is 0.507 e. The van der Waals surface area contributed by atoms with Gasteiger partial charge in [0.1, 0.15) is 11.5 Å². The molecule has 2 aromatic rings. The number of nitrogens with one attached hydrogen (secondary N) is 1. The summed E-state index contributed by atoms with van der Waals surface area (Å²) in [7, 11) is 0. The Morgan fingerprint density at radius 3 is 2.79 bits per heavy atom. The number of nitrogens with zero attached hydrogens (tertiary/aromatic N) is 1. The zero-order valence-electron chi connectivity index (χ0n) is 12.5. The highest BCUT2D eigenvalue weighted by Gasteiger charge is 2.15. The minimum Gasteiger partial charge on any atom is -0.507 e. The zero-order chi connectivity index (χ0) is 17.7. The van der Waals surface area contributed by atoms with Crippen molar-refractivity contribution in [3.63, 3.8) is 0 Å². The van der Waals surface area contributed by atoms with Crippen LogP contribution in [-0.4, -0.2) is 23.3 Å². The van der Waals surface area contributed by atoms with Crippen molar-refractivity contribution in [2.75, 3.05) is 0 Å². The van der Waals surface area contributed by atoms with E-state index >= 15 is 0 Å². The van der Waals surface area contributed by atoms with Crippen LogP contribution >= 0.6 is 39.1 Å². The molecule has 1 atom stereocenters. The fourth-order valence-corrected chi connectivity index (χ4v) is 2.53. The lowest BCUT2D eigenvalue weighted by Gasteiger charge is -2.14. The third kappa shape index (κ3) is 5.12. The molecule has 1 amide bonds. The van der Waals surface area contributed by atoms with Gasteiger partial charge in [0.2, 0.25) is 0 Å². The van der Waals surface area contributed by atoms with Crippen LogP contribution in [0.4, 0.5) is 0 Å². The molecule has 0 heterocycles. The summed E-state index contributed by atoms with van der Waals surface area (Å²) in [6.45, 7) is 1.56. The van der Waals surface area contributed by atoms with E-state index < -0.39 is 12.0 Å². The maximum absolute atomic E-state index is 12.0. The van der Waals surface area contributed by atoms with Crippen LogP contribution in [0.3, 0.4) is 0 Å². The fourth-order valence-electron chi connectivity index (χ4n) is 1.70. The molecule has 0 aliphatic carbocycles. The van der Waals surface area contributed by atoms with Crippen LogP contribution in [0.25, 0.3) is 0 Å². The summed E-state index contributed by atoms with van der Waals surface area (Å²) in [6, 6.07) is 9.59.